The third-order valence-electron chi connectivity index (χ3n) is 6.23. The molecule has 1 aliphatic carbocycles. The molecular weight excluding hydrogens is 408 g/mol. The van der Waals surface area contributed by atoms with Crippen LogP contribution in [0.3, 0.4) is 0 Å². The van der Waals surface area contributed by atoms with E-state index in [1.807, 2.05) is 24.3 Å². The van der Waals surface area contributed by atoms with Crippen molar-refractivity contribution in [1.82, 2.24) is 19.6 Å². The van der Waals surface area contributed by atoms with Crippen molar-refractivity contribution < 1.29 is 14.3 Å². The standard InChI is InChI=1S/C23H28N6O3/c30-15-25-18-7-5-17(6-8-18)20-14-26-29-21(20)27-23(32-19-3-1-2-4-19)28-22(29)24-13-16-9-11-31-12-10-16/h5-8,14-16,19H,1-4,9-13H2,(H,25,30)(H,24,27,28). The molecule has 9 nitrogen and oxygen atoms in total. The van der Waals surface area contributed by atoms with E-state index in [9.17, 15) is 4.79 Å². The third-order valence-corrected chi connectivity index (χ3v) is 6.23. The molecule has 32 heavy (non-hydrogen) atoms. The molecule has 168 valence electrons. The van der Waals surface area contributed by atoms with Crippen LogP contribution in [-0.4, -0.2) is 51.9 Å². The number of anilines is 2. The van der Waals surface area contributed by atoms with E-state index in [1.165, 1.54) is 12.8 Å². The Morgan fingerprint density at radius 1 is 1.09 bits per heavy atom. The quantitative estimate of drug-likeness (QED) is 0.521. The monoisotopic (exact) mass is 436 g/mol. The average molecular weight is 437 g/mol. The van der Waals surface area contributed by atoms with Crippen LogP contribution in [0.25, 0.3) is 16.8 Å². The zero-order chi connectivity index (χ0) is 21.8. The number of aromatic nitrogens is 4. The predicted octanol–water partition coefficient (Wildman–Crippen LogP) is 3.52. The Morgan fingerprint density at radius 3 is 2.62 bits per heavy atom. The van der Waals surface area contributed by atoms with Gasteiger partial charge in [-0.15, -0.1) is 0 Å². The Morgan fingerprint density at radius 2 is 1.88 bits per heavy atom. The van der Waals surface area contributed by atoms with Crippen molar-refractivity contribution in [3.8, 4) is 17.1 Å². The molecule has 0 bridgehead atoms. The molecular formula is C23H28N6O3. The minimum Gasteiger partial charge on any atom is -0.460 e. The number of carbonyl (C=O) groups is 1. The normalized spacial score (nSPS) is 17.5. The van der Waals surface area contributed by atoms with Crippen molar-refractivity contribution in [2.45, 2.75) is 44.6 Å². The summed E-state index contributed by atoms with van der Waals surface area (Å²) in [5, 5.41) is 10.7. The van der Waals surface area contributed by atoms with Crippen molar-refractivity contribution in [3.05, 3.63) is 30.5 Å². The maximum absolute atomic E-state index is 10.7. The molecule has 5 rings (SSSR count). The maximum atomic E-state index is 10.7. The number of hydrogen-bond donors (Lipinski definition) is 2. The van der Waals surface area contributed by atoms with E-state index in [0.29, 0.717) is 29.9 Å². The molecule has 1 saturated carbocycles. The molecule has 2 fully saturated rings. The van der Waals surface area contributed by atoms with Crippen LogP contribution in [0.2, 0.25) is 0 Å². The van der Waals surface area contributed by atoms with Crippen LogP contribution < -0.4 is 15.4 Å². The largest absolute Gasteiger partial charge is 0.460 e. The fourth-order valence-electron chi connectivity index (χ4n) is 4.38. The van der Waals surface area contributed by atoms with Crippen molar-refractivity contribution in [1.29, 1.82) is 0 Å². The SMILES string of the molecule is O=CNc1ccc(-c2cnn3c(NCC4CCOCC4)nc(OC4CCCC4)nc23)cc1. The van der Waals surface area contributed by atoms with E-state index >= 15 is 0 Å². The minimum absolute atomic E-state index is 0.167. The van der Waals surface area contributed by atoms with Gasteiger partial charge in [-0.3, -0.25) is 4.79 Å². The van der Waals surface area contributed by atoms with Gasteiger partial charge in [-0.05, 0) is 62.1 Å². The highest BCUT2D eigenvalue weighted by molar-refractivity contribution is 5.80. The maximum Gasteiger partial charge on any atom is 0.322 e. The van der Waals surface area contributed by atoms with Gasteiger partial charge in [0.05, 0.1) is 6.20 Å². The van der Waals surface area contributed by atoms with Gasteiger partial charge in [0, 0.05) is 31.0 Å². The highest BCUT2D eigenvalue weighted by atomic mass is 16.5. The van der Waals surface area contributed by atoms with E-state index < -0.39 is 0 Å². The van der Waals surface area contributed by atoms with Gasteiger partial charge in [-0.2, -0.15) is 19.6 Å². The van der Waals surface area contributed by atoms with Crippen molar-refractivity contribution in [3.63, 3.8) is 0 Å². The Labute approximate surface area is 186 Å². The number of nitrogens with one attached hydrogen (secondary N) is 2. The summed E-state index contributed by atoms with van der Waals surface area (Å²) in [6.45, 7) is 2.42. The van der Waals surface area contributed by atoms with Crippen molar-refractivity contribution in [2.24, 2.45) is 5.92 Å². The van der Waals surface area contributed by atoms with Crippen LogP contribution in [0, 0.1) is 5.92 Å². The molecule has 0 radical (unpaired) electrons. The van der Waals surface area contributed by atoms with Gasteiger partial charge in [0.15, 0.2) is 5.65 Å². The molecule has 0 spiro atoms. The Kier molecular flexibility index (Phi) is 6.15. The number of nitrogens with zero attached hydrogens (tertiary/aromatic N) is 4. The summed E-state index contributed by atoms with van der Waals surface area (Å²) >= 11 is 0. The van der Waals surface area contributed by atoms with Crippen LogP contribution in [-0.2, 0) is 9.53 Å². The third kappa shape index (κ3) is 4.52. The lowest BCUT2D eigenvalue weighted by Crippen LogP contribution is -2.24. The summed E-state index contributed by atoms with van der Waals surface area (Å²) in [6.07, 6.45) is 9.15. The van der Waals surface area contributed by atoms with Gasteiger partial charge in [0.2, 0.25) is 12.4 Å². The van der Waals surface area contributed by atoms with E-state index in [4.69, 9.17) is 14.5 Å². The number of ether oxygens (including phenoxy) is 2. The first kappa shape index (κ1) is 20.7. The summed E-state index contributed by atoms with van der Waals surface area (Å²) in [6, 6.07) is 7.98. The summed E-state index contributed by atoms with van der Waals surface area (Å²) in [5.41, 5.74) is 3.27. The van der Waals surface area contributed by atoms with Gasteiger partial charge >= 0.3 is 6.01 Å². The Bertz CT molecular complexity index is 1060. The Hall–Kier alpha value is -3.20. The van der Waals surface area contributed by atoms with E-state index in [-0.39, 0.29) is 6.10 Å². The molecule has 1 amide bonds. The molecule has 0 unspecified atom stereocenters. The fourth-order valence-corrected chi connectivity index (χ4v) is 4.38. The molecule has 9 heteroatoms. The van der Waals surface area contributed by atoms with Crippen molar-refractivity contribution in [2.75, 3.05) is 30.4 Å². The zero-order valence-corrected chi connectivity index (χ0v) is 18.0. The van der Waals surface area contributed by atoms with Crippen molar-refractivity contribution >= 4 is 23.7 Å². The van der Waals surface area contributed by atoms with Crippen LogP contribution in [0.5, 0.6) is 6.01 Å². The van der Waals surface area contributed by atoms with Gasteiger partial charge in [0.1, 0.15) is 6.10 Å². The topological polar surface area (TPSA) is 103 Å². The molecule has 3 heterocycles. The summed E-state index contributed by atoms with van der Waals surface area (Å²) in [4.78, 5) is 20.1. The van der Waals surface area contributed by atoms with Crippen LogP contribution in [0.1, 0.15) is 38.5 Å². The lowest BCUT2D eigenvalue weighted by molar-refractivity contribution is -0.105. The second-order valence-electron chi connectivity index (χ2n) is 8.42. The highest BCUT2D eigenvalue weighted by Gasteiger charge is 2.21. The lowest BCUT2D eigenvalue weighted by atomic mass is 10.0. The average Bonchev–Trinajstić information content (AvgIpc) is 3.49. The zero-order valence-electron chi connectivity index (χ0n) is 18.0. The number of rotatable bonds is 8. The molecule has 1 aromatic carbocycles. The molecule has 0 atom stereocenters. The van der Waals surface area contributed by atoms with E-state index in [2.05, 4.69) is 20.7 Å². The van der Waals surface area contributed by atoms with Gasteiger partial charge in [-0.1, -0.05) is 12.1 Å². The summed E-state index contributed by atoms with van der Waals surface area (Å²) in [5.74, 6) is 1.18. The molecule has 2 N–H and O–H groups in total. The first-order valence-electron chi connectivity index (χ1n) is 11.3. The number of amides is 1. The second kappa shape index (κ2) is 9.52. The fraction of sp³-hybridized carbons (Fsp3) is 0.478. The number of hydrogen-bond acceptors (Lipinski definition) is 7. The smallest absolute Gasteiger partial charge is 0.322 e. The second-order valence-corrected chi connectivity index (χ2v) is 8.42. The number of benzene rings is 1. The minimum atomic E-state index is 0.167. The summed E-state index contributed by atoms with van der Waals surface area (Å²) in [7, 11) is 0. The van der Waals surface area contributed by atoms with Crippen LogP contribution >= 0.6 is 0 Å². The lowest BCUT2D eigenvalue weighted by Gasteiger charge is -2.22. The van der Waals surface area contributed by atoms with Gasteiger partial charge in [-0.25, -0.2) is 0 Å². The van der Waals surface area contributed by atoms with Crippen LogP contribution in [0.15, 0.2) is 30.5 Å². The predicted molar refractivity (Wildman–Crippen MR) is 121 cm³/mol. The van der Waals surface area contributed by atoms with E-state index in [0.717, 1.165) is 62.3 Å². The summed E-state index contributed by atoms with van der Waals surface area (Å²) < 4.78 is 13.4. The number of carbonyl (C=O) groups excluding carboxylic acids is 1. The molecule has 3 aromatic rings. The molecule has 2 aliphatic rings. The Balaban J connectivity index is 1.47. The highest BCUT2D eigenvalue weighted by Crippen LogP contribution is 2.29. The van der Waals surface area contributed by atoms with E-state index in [1.54, 1.807) is 10.7 Å². The van der Waals surface area contributed by atoms with Gasteiger partial charge < -0.3 is 20.1 Å². The first-order valence-corrected chi connectivity index (χ1v) is 11.3. The number of fused-ring (bicyclic) bond motifs is 1. The molecule has 1 saturated heterocycles. The van der Waals surface area contributed by atoms with Crippen LogP contribution in [0.4, 0.5) is 11.6 Å². The molecule has 2 aromatic heterocycles. The first-order chi connectivity index (χ1) is 15.8. The van der Waals surface area contributed by atoms with Gasteiger partial charge in [0.25, 0.3) is 0 Å². The molecule has 1 aliphatic heterocycles.